The molecular formula is C14H24N2O2. The lowest BCUT2D eigenvalue weighted by Crippen LogP contribution is -2.25. The third-order valence-corrected chi connectivity index (χ3v) is 2.77. The van der Waals surface area contributed by atoms with E-state index >= 15 is 0 Å². The van der Waals surface area contributed by atoms with Gasteiger partial charge in [-0.15, -0.1) is 0 Å². The van der Waals surface area contributed by atoms with Crippen molar-refractivity contribution in [2.24, 2.45) is 0 Å². The van der Waals surface area contributed by atoms with Crippen molar-refractivity contribution < 1.29 is 9.47 Å². The van der Waals surface area contributed by atoms with Crippen LogP contribution < -0.4 is 10.6 Å². The van der Waals surface area contributed by atoms with Gasteiger partial charge in [0.15, 0.2) is 0 Å². The molecule has 0 unspecified atom stereocenters. The van der Waals surface area contributed by atoms with E-state index in [1.54, 1.807) is 7.11 Å². The van der Waals surface area contributed by atoms with Gasteiger partial charge in [0.25, 0.3) is 0 Å². The fourth-order valence-electron chi connectivity index (χ4n) is 1.79. The maximum absolute atomic E-state index is 5.80. The van der Waals surface area contributed by atoms with Gasteiger partial charge in [0.1, 0.15) is 0 Å². The lowest BCUT2D eigenvalue weighted by molar-refractivity contribution is 0.0700. The number of nitrogen functional groups attached to an aromatic ring is 1. The molecule has 0 atom stereocenters. The largest absolute Gasteiger partial charge is 0.399 e. The van der Waals surface area contributed by atoms with Crippen LogP contribution in [0.5, 0.6) is 0 Å². The number of anilines is 2. The van der Waals surface area contributed by atoms with Crippen LogP contribution in [0.15, 0.2) is 24.3 Å². The molecule has 0 spiro atoms. The Hall–Kier alpha value is -1.26. The van der Waals surface area contributed by atoms with Gasteiger partial charge in [-0.05, 0) is 31.5 Å². The molecule has 0 amide bonds. The number of methoxy groups -OCH3 is 1. The van der Waals surface area contributed by atoms with Gasteiger partial charge in [-0.1, -0.05) is 6.07 Å². The molecule has 0 saturated heterocycles. The molecule has 1 aromatic carbocycles. The Labute approximate surface area is 110 Å². The standard InChI is InChI=1S/C14H24N2O2/c1-3-16(8-5-9-18-11-10-17-2)14-7-4-6-13(15)12-14/h4,6-7,12H,3,5,8-11,15H2,1-2H3. The minimum absolute atomic E-state index is 0.659. The zero-order valence-electron chi connectivity index (χ0n) is 11.4. The molecule has 2 N–H and O–H groups in total. The number of benzene rings is 1. The fraction of sp³-hybridized carbons (Fsp3) is 0.571. The summed E-state index contributed by atoms with van der Waals surface area (Å²) < 4.78 is 10.4. The van der Waals surface area contributed by atoms with Crippen molar-refractivity contribution in [3.63, 3.8) is 0 Å². The van der Waals surface area contributed by atoms with E-state index in [1.807, 2.05) is 18.2 Å². The second kappa shape index (κ2) is 8.78. The molecule has 102 valence electrons. The first-order valence-electron chi connectivity index (χ1n) is 6.45. The summed E-state index contributed by atoms with van der Waals surface area (Å²) in [4.78, 5) is 2.30. The third kappa shape index (κ3) is 5.38. The first kappa shape index (κ1) is 14.8. The smallest absolute Gasteiger partial charge is 0.0700 e. The van der Waals surface area contributed by atoms with E-state index in [2.05, 4.69) is 17.9 Å². The van der Waals surface area contributed by atoms with Gasteiger partial charge in [0.2, 0.25) is 0 Å². The van der Waals surface area contributed by atoms with E-state index in [9.17, 15) is 0 Å². The second-order valence-electron chi connectivity index (χ2n) is 4.13. The molecule has 18 heavy (non-hydrogen) atoms. The number of nitrogens with zero attached hydrogens (tertiary/aromatic N) is 1. The van der Waals surface area contributed by atoms with Crippen LogP contribution in [0.4, 0.5) is 11.4 Å². The fourth-order valence-corrected chi connectivity index (χ4v) is 1.79. The summed E-state index contributed by atoms with van der Waals surface area (Å²) in [5.41, 5.74) is 7.78. The van der Waals surface area contributed by atoms with E-state index in [0.717, 1.165) is 31.8 Å². The molecule has 0 radical (unpaired) electrons. The molecule has 0 aliphatic carbocycles. The van der Waals surface area contributed by atoms with Crippen LogP contribution in [0.2, 0.25) is 0 Å². The van der Waals surface area contributed by atoms with Crippen LogP contribution in [0.25, 0.3) is 0 Å². The van der Waals surface area contributed by atoms with Gasteiger partial charge in [-0.25, -0.2) is 0 Å². The van der Waals surface area contributed by atoms with Crippen molar-refractivity contribution >= 4 is 11.4 Å². The molecule has 0 aliphatic heterocycles. The topological polar surface area (TPSA) is 47.7 Å². The van der Waals surface area contributed by atoms with Crippen molar-refractivity contribution in [1.82, 2.24) is 0 Å². The molecule has 4 nitrogen and oxygen atoms in total. The Morgan fingerprint density at radius 3 is 2.72 bits per heavy atom. The summed E-state index contributed by atoms with van der Waals surface area (Å²) >= 11 is 0. The van der Waals surface area contributed by atoms with Gasteiger partial charge in [-0.3, -0.25) is 0 Å². The SMILES string of the molecule is CCN(CCCOCCOC)c1cccc(N)c1. The zero-order chi connectivity index (χ0) is 13.2. The Morgan fingerprint density at radius 2 is 2.06 bits per heavy atom. The lowest BCUT2D eigenvalue weighted by atomic mass is 10.2. The van der Waals surface area contributed by atoms with E-state index in [-0.39, 0.29) is 0 Å². The van der Waals surface area contributed by atoms with E-state index in [1.165, 1.54) is 5.69 Å². The number of nitrogens with two attached hydrogens (primary N) is 1. The second-order valence-corrected chi connectivity index (χ2v) is 4.13. The highest BCUT2D eigenvalue weighted by Gasteiger charge is 2.03. The van der Waals surface area contributed by atoms with Crippen LogP contribution in [0.3, 0.4) is 0 Å². The zero-order valence-corrected chi connectivity index (χ0v) is 11.4. The molecule has 0 saturated carbocycles. The molecule has 1 aromatic rings. The van der Waals surface area contributed by atoms with Gasteiger partial charge in [0.05, 0.1) is 13.2 Å². The van der Waals surface area contributed by atoms with E-state index < -0.39 is 0 Å². The number of hydrogen-bond acceptors (Lipinski definition) is 4. The minimum Gasteiger partial charge on any atom is -0.399 e. The molecule has 1 rings (SSSR count). The average molecular weight is 252 g/mol. The predicted octanol–water partition coefficient (Wildman–Crippen LogP) is 2.15. The van der Waals surface area contributed by atoms with Gasteiger partial charge < -0.3 is 20.1 Å². The quantitative estimate of drug-likeness (QED) is 0.540. The average Bonchev–Trinajstić information content (AvgIpc) is 2.38. The summed E-state index contributed by atoms with van der Waals surface area (Å²) in [6.45, 7) is 6.19. The highest BCUT2D eigenvalue weighted by molar-refractivity contribution is 5.55. The molecule has 0 bridgehead atoms. The molecular weight excluding hydrogens is 228 g/mol. The highest BCUT2D eigenvalue weighted by atomic mass is 16.5. The van der Waals surface area contributed by atoms with Crippen LogP contribution >= 0.6 is 0 Å². The van der Waals surface area contributed by atoms with Crippen LogP contribution in [-0.4, -0.2) is 40.0 Å². The first-order chi connectivity index (χ1) is 8.77. The highest BCUT2D eigenvalue weighted by Crippen LogP contribution is 2.17. The minimum atomic E-state index is 0.659. The van der Waals surface area contributed by atoms with Crippen molar-refractivity contribution in [3.05, 3.63) is 24.3 Å². The predicted molar refractivity (Wildman–Crippen MR) is 76.1 cm³/mol. The lowest BCUT2D eigenvalue weighted by Gasteiger charge is -2.23. The monoisotopic (exact) mass is 252 g/mol. The van der Waals surface area contributed by atoms with Crippen molar-refractivity contribution in [3.8, 4) is 0 Å². The van der Waals surface area contributed by atoms with E-state index in [0.29, 0.717) is 13.2 Å². The van der Waals surface area contributed by atoms with E-state index in [4.69, 9.17) is 15.2 Å². The Morgan fingerprint density at radius 1 is 1.22 bits per heavy atom. The summed E-state index contributed by atoms with van der Waals surface area (Å²) in [6, 6.07) is 7.99. The van der Waals surface area contributed by atoms with Crippen LogP contribution in [0.1, 0.15) is 13.3 Å². The van der Waals surface area contributed by atoms with Gasteiger partial charge in [0, 0.05) is 38.2 Å². The van der Waals surface area contributed by atoms with Crippen molar-refractivity contribution in [2.75, 3.05) is 50.7 Å². The van der Waals surface area contributed by atoms with Crippen molar-refractivity contribution in [1.29, 1.82) is 0 Å². The number of hydrogen-bond donors (Lipinski definition) is 1. The van der Waals surface area contributed by atoms with Crippen LogP contribution in [-0.2, 0) is 9.47 Å². The summed E-state index contributed by atoms with van der Waals surface area (Å²) in [5, 5.41) is 0. The maximum atomic E-state index is 5.80. The Bertz CT molecular complexity index is 331. The Balaban J connectivity index is 2.29. The molecule has 4 heteroatoms. The number of rotatable bonds is 9. The van der Waals surface area contributed by atoms with Crippen LogP contribution in [0, 0.1) is 0 Å². The molecule has 0 aliphatic rings. The molecule has 0 aromatic heterocycles. The third-order valence-electron chi connectivity index (χ3n) is 2.77. The number of ether oxygens (including phenoxy) is 2. The first-order valence-corrected chi connectivity index (χ1v) is 6.45. The Kier molecular flexibility index (Phi) is 7.22. The van der Waals surface area contributed by atoms with Gasteiger partial charge in [-0.2, -0.15) is 0 Å². The summed E-state index contributed by atoms with van der Waals surface area (Å²) in [7, 11) is 1.68. The summed E-state index contributed by atoms with van der Waals surface area (Å²) in [5.74, 6) is 0. The normalized spacial score (nSPS) is 10.6. The molecule has 0 fully saturated rings. The molecule has 0 heterocycles. The maximum Gasteiger partial charge on any atom is 0.0700 e. The summed E-state index contributed by atoms with van der Waals surface area (Å²) in [6.07, 6.45) is 1.01. The van der Waals surface area contributed by atoms with Gasteiger partial charge >= 0.3 is 0 Å². The van der Waals surface area contributed by atoms with Crippen molar-refractivity contribution in [2.45, 2.75) is 13.3 Å².